The number of unbranched alkanes of at least 4 members (excludes halogenated alkanes) is 3. The van der Waals surface area contributed by atoms with Gasteiger partial charge in [0.2, 0.25) is 0 Å². The third-order valence-electron chi connectivity index (χ3n) is 2.35. The Morgan fingerprint density at radius 1 is 1.18 bits per heavy atom. The average molecular weight is 240 g/mol. The number of rotatable bonds is 8. The molecule has 17 heavy (non-hydrogen) atoms. The fraction of sp³-hybridized carbons (Fsp3) is 0.462. The molecule has 3 nitrogen and oxygen atoms in total. The maximum atomic E-state index is 13.0. The molecule has 4 heteroatoms. The van der Waals surface area contributed by atoms with Crippen LogP contribution < -0.4 is 4.74 Å². The van der Waals surface area contributed by atoms with Crippen LogP contribution in [0, 0.1) is 5.82 Å². The Hall–Kier alpha value is -1.42. The molecular formula is C13H17FO3. The third-order valence-corrected chi connectivity index (χ3v) is 2.35. The van der Waals surface area contributed by atoms with Crippen molar-refractivity contribution in [3.05, 3.63) is 29.6 Å². The lowest BCUT2D eigenvalue weighted by Crippen LogP contribution is -1.99. The molecule has 0 saturated carbocycles. The van der Waals surface area contributed by atoms with Crippen molar-refractivity contribution >= 4 is 6.29 Å². The second-order valence-electron chi connectivity index (χ2n) is 3.82. The van der Waals surface area contributed by atoms with Gasteiger partial charge in [0, 0.05) is 18.2 Å². The summed E-state index contributed by atoms with van der Waals surface area (Å²) in [6, 6.07) is 3.95. The second kappa shape index (κ2) is 7.79. The molecule has 0 unspecified atom stereocenters. The lowest BCUT2D eigenvalue weighted by Gasteiger charge is -2.06. The minimum absolute atomic E-state index is 0.216. The highest BCUT2D eigenvalue weighted by Crippen LogP contribution is 2.15. The first-order valence-corrected chi connectivity index (χ1v) is 5.75. The molecule has 1 aromatic carbocycles. The zero-order valence-electron chi connectivity index (χ0n) is 9.69. The summed E-state index contributed by atoms with van der Waals surface area (Å²) in [4.78, 5) is 10.5. The number of benzene rings is 1. The molecule has 0 aliphatic carbocycles. The van der Waals surface area contributed by atoms with E-state index in [0.717, 1.165) is 25.7 Å². The molecule has 0 saturated heterocycles. The molecule has 0 aliphatic heterocycles. The molecule has 1 N–H and O–H groups in total. The van der Waals surface area contributed by atoms with E-state index in [0.29, 0.717) is 18.6 Å². The van der Waals surface area contributed by atoms with Gasteiger partial charge in [-0.2, -0.15) is 0 Å². The third kappa shape index (κ3) is 5.45. The van der Waals surface area contributed by atoms with Gasteiger partial charge >= 0.3 is 0 Å². The van der Waals surface area contributed by atoms with Crippen LogP contribution in [0.2, 0.25) is 0 Å². The topological polar surface area (TPSA) is 46.5 Å². The maximum absolute atomic E-state index is 13.0. The first-order valence-electron chi connectivity index (χ1n) is 5.75. The van der Waals surface area contributed by atoms with E-state index in [4.69, 9.17) is 9.84 Å². The Bertz CT molecular complexity index is 353. The Labute approximate surface area is 100 Å². The van der Waals surface area contributed by atoms with Gasteiger partial charge in [-0.3, -0.25) is 4.79 Å². The SMILES string of the molecule is O=Cc1cc(F)cc(OCCCCCCO)c1. The molecule has 0 bridgehead atoms. The number of aliphatic hydroxyl groups excluding tert-OH is 1. The predicted molar refractivity (Wildman–Crippen MR) is 62.8 cm³/mol. The van der Waals surface area contributed by atoms with E-state index >= 15 is 0 Å². The molecule has 0 aliphatic rings. The molecule has 0 heterocycles. The summed E-state index contributed by atoms with van der Waals surface area (Å²) in [6.45, 7) is 0.709. The predicted octanol–water partition coefficient (Wildman–Crippen LogP) is 2.57. The summed E-state index contributed by atoms with van der Waals surface area (Å²) >= 11 is 0. The summed E-state index contributed by atoms with van der Waals surface area (Å²) in [5.41, 5.74) is 0.278. The molecule has 1 rings (SSSR count). The molecule has 0 radical (unpaired) electrons. The number of hydrogen-bond acceptors (Lipinski definition) is 3. The van der Waals surface area contributed by atoms with Crippen molar-refractivity contribution in [2.24, 2.45) is 0 Å². The van der Waals surface area contributed by atoms with Crippen LogP contribution >= 0.6 is 0 Å². The molecule has 0 atom stereocenters. The van der Waals surface area contributed by atoms with Crippen LogP contribution in [0.1, 0.15) is 36.0 Å². The summed E-state index contributed by atoms with van der Waals surface area (Å²) in [6.07, 6.45) is 4.18. The number of hydrogen-bond donors (Lipinski definition) is 1. The molecule has 94 valence electrons. The van der Waals surface area contributed by atoms with Crippen molar-refractivity contribution in [3.63, 3.8) is 0 Å². The number of aldehydes is 1. The molecule has 1 aromatic rings. The summed E-state index contributed by atoms with van der Waals surface area (Å²) < 4.78 is 18.4. The number of ether oxygens (including phenoxy) is 1. The fourth-order valence-electron chi connectivity index (χ4n) is 1.49. The Morgan fingerprint density at radius 2 is 1.94 bits per heavy atom. The number of carbonyl (C=O) groups is 1. The molecular weight excluding hydrogens is 223 g/mol. The van der Waals surface area contributed by atoms with E-state index in [-0.39, 0.29) is 12.2 Å². The highest BCUT2D eigenvalue weighted by molar-refractivity contribution is 5.75. The van der Waals surface area contributed by atoms with Gasteiger partial charge in [0.1, 0.15) is 17.9 Å². The van der Waals surface area contributed by atoms with Crippen LogP contribution in [0.15, 0.2) is 18.2 Å². The van der Waals surface area contributed by atoms with Crippen molar-refractivity contribution in [2.75, 3.05) is 13.2 Å². The first-order chi connectivity index (χ1) is 8.26. The molecule has 0 amide bonds. The van der Waals surface area contributed by atoms with Crippen LogP contribution in [0.4, 0.5) is 4.39 Å². The largest absolute Gasteiger partial charge is 0.493 e. The van der Waals surface area contributed by atoms with Crippen LogP contribution in [-0.2, 0) is 0 Å². The summed E-state index contributed by atoms with van der Waals surface area (Å²) in [5.74, 6) is -0.0841. The smallest absolute Gasteiger partial charge is 0.150 e. The summed E-state index contributed by atoms with van der Waals surface area (Å²) in [5, 5.41) is 8.58. The first kappa shape index (κ1) is 13.6. The van der Waals surface area contributed by atoms with E-state index in [1.54, 1.807) is 0 Å². The monoisotopic (exact) mass is 240 g/mol. The Morgan fingerprint density at radius 3 is 2.65 bits per heavy atom. The van der Waals surface area contributed by atoms with Crippen molar-refractivity contribution in [1.29, 1.82) is 0 Å². The van der Waals surface area contributed by atoms with E-state index in [1.165, 1.54) is 18.2 Å². The summed E-state index contributed by atoms with van der Waals surface area (Å²) in [7, 11) is 0. The molecule has 0 spiro atoms. The van der Waals surface area contributed by atoms with Crippen LogP contribution in [0.3, 0.4) is 0 Å². The van der Waals surface area contributed by atoms with E-state index in [2.05, 4.69) is 0 Å². The minimum atomic E-state index is -0.468. The lowest BCUT2D eigenvalue weighted by molar-refractivity contribution is 0.112. The number of aliphatic hydroxyl groups is 1. The van der Waals surface area contributed by atoms with E-state index in [1.807, 2.05) is 0 Å². The van der Waals surface area contributed by atoms with E-state index < -0.39 is 5.82 Å². The minimum Gasteiger partial charge on any atom is -0.493 e. The van der Waals surface area contributed by atoms with Crippen LogP contribution in [0.25, 0.3) is 0 Å². The number of halogens is 1. The molecule has 0 fully saturated rings. The maximum Gasteiger partial charge on any atom is 0.150 e. The zero-order valence-corrected chi connectivity index (χ0v) is 9.69. The Kier molecular flexibility index (Phi) is 6.25. The molecule has 0 aromatic heterocycles. The van der Waals surface area contributed by atoms with Gasteiger partial charge < -0.3 is 9.84 Å². The van der Waals surface area contributed by atoms with Crippen molar-refractivity contribution in [1.82, 2.24) is 0 Å². The second-order valence-corrected chi connectivity index (χ2v) is 3.82. The van der Waals surface area contributed by atoms with Gasteiger partial charge in [-0.25, -0.2) is 4.39 Å². The van der Waals surface area contributed by atoms with Gasteiger partial charge in [-0.15, -0.1) is 0 Å². The number of carbonyl (C=O) groups excluding carboxylic acids is 1. The normalized spacial score (nSPS) is 10.2. The van der Waals surface area contributed by atoms with Gasteiger partial charge in [0.25, 0.3) is 0 Å². The van der Waals surface area contributed by atoms with Gasteiger partial charge in [0.15, 0.2) is 0 Å². The van der Waals surface area contributed by atoms with Crippen molar-refractivity contribution in [3.8, 4) is 5.75 Å². The Balaban J connectivity index is 2.31. The quantitative estimate of drug-likeness (QED) is 0.561. The van der Waals surface area contributed by atoms with Gasteiger partial charge in [0.05, 0.1) is 6.61 Å². The fourth-order valence-corrected chi connectivity index (χ4v) is 1.49. The van der Waals surface area contributed by atoms with Gasteiger partial charge in [-0.1, -0.05) is 6.42 Å². The van der Waals surface area contributed by atoms with Crippen molar-refractivity contribution < 1.29 is 19.0 Å². The van der Waals surface area contributed by atoms with Crippen LogP contribution in [0.5, 0.6) is 5.75 Å². The zero-order chi connectivity index (χ0) is 12.5. The van der Waals surface area contributed by atoms with Crippen molar-refractivity contribution in [2.45, 2.75) is 25.7 Å². The highest BCUT2D eigenvalue weighted by atomic mass is 19.1. The average Bonchev–Trinajstić information content (AvgIpc) is 2.33. The van der Waals surface area contributed by atoms with Crippen LogP contribution in [-0.4, -0.2) is 24.6 Å². The highest BCUT2D eigenvalue weighted by Gasteiger charge is 2.01. The van der Waals surface area contributed by atoms with E-state index in [9.17, 15) is 9.18 Å². The lowest BCUT2D eigenvalue weighted by atomic mass is 10.2. The standard InChI is InChI=1S/C13H17FO3/c14-12-7-11(10-16)8-13(9-12)17-6-4-2-1-3-5-15/h7-10,15H,1-6H2. The van der Waals surface area contributed by atoms with Gasteiger partial charge in [-0.05, 0) is 31.4 Å².